The number of aromatic nitrogens is 3. The van der Waals surface area contributed by atoms with Gasteiger partial charge in [0.05, 0.1) is 29.6 Å². The summed E-state index contributed by atoms with van der Waals surface area (Å²) in [6.45, 7) is 1.13. The summed E-state index contributed by atoms with van der Waals surface area (Å²) < 4.78 is 8.08. The van der Waals surface area contributed by atoms with E-state index in [1.807, 2.05) is 65.5 Å². The summed E-state index contributed by atoms with van der Waals surface area (Å²) in [5, 5.41) is 4.96. The van der Waals surface area contributed by atoms with E-state index in [2.05, 4.69) is 10.1 Å². The number of thioether (sulfide) groups is 1. The van der Waals surface area contributed by atoms with Crippen molar-refractivity contribution in [2.75, 3.05) is 24.3 Å². The fourth-order valence-electron chi connectivity index (χ4n) is 2.83. The number of rotatable bonds is 8. The molecule has 0 bridgehead atoms. The van der Waals surface area contributed by atoms with Crippen LogP contribution in [-0.2, 0) is 11.3 Å². The van der Waals surface area contributed by atoms with Crippen molar-refractivity contribution in [2.24, 2.45) is 0 Å². The molecule has 0 fully saturated rings. The predicted octanol–water partition coefficient (Wildman–Crippen LogP) is 4.33. The molecule has 148 valence electrons. The number of anilines is 1. The molecule has 4 aromatic rings. The molecule has 6 nitrogen and oxygen atoms in total. The standard InChI is InChI=1S/C21H20N4O2S2/c1-27-16-7-9-17(10-8-16)28-15-20(26)25(14-13-24-12-4-11-22-24)21-23-18-5-2-3-6-19(18)29-21/h2-12H,13-15H2,1H3. The minimum absolute atomic E-state index is 0.0250. The number of amides is 1. The number of fused-ring (bicyclic) bond motifs is 1. The molecule has 2 aromatic carbocycles. The van der Waals surface area contributed by atoms with Crippen LogP contribution < -0.4 is 9.64 Å². The van der Waals surface area contributed by atoms with Gasteiger partial charge >= 0.3 is 0 Å². The molecule has 0 aliphatic carbocycles. The molecule has 8 heteroatoms. The molecule has 0 saturated carbocycles. The molecule has 29 heavy (non-hydrogen) atoms. The summed E-state index contributed by atoms with van der Waals surface area (Å²) in [6, 6.07) is 17.5. The maximum Gasteiger partial charge on any atom is 0.239 e. The number of methoxy groups -OCH3 is 1. The van der Waals surface area contributed by atoms with Gasteiger partial charge < -0.3 is 4.74 Å². The molecule has 0 radical (unpaired) electrons. The Morgan fingerprint density at radius 1 is 1.17 bits per heavy atom. The first kappa shape index (κ1) is 19.5. The van der Waals surface area contributed by atoms with E-state index in [4.69, 9.17) is 4.74 Å². The molecule has 4 rings (SSSR count). The van der Waals surface area contributed by atoms with E-state index >= 15 is 0 Å². The fraction of sp³-hybridized carbons (Fsp3) is 0.190. The van der Waals surface area contributed by atoms with E-state index in [0.29, 0.717) is 18.8 Å². The maximum absolute atomic E-state index is 13.1. The first-order valence-electron chi connectivity index (χ1n) is 9.13. The first-order chi connectivity index (χ1) is 14.2. The third kappa shape index (κ3) is 4.78. The van der Waals surface area contributed by atoms with Gasteiger partial charge in [0.1, 0.15) is 5.75 Å². The smallest absolute Gasteiger partial charge is 0.239 e. The lowest BCUT2D eigenvalue weighted by atomic mass is 10.3. The van der Waals surface area contributed by atoms with Crippen molar-refractivity contribution in [1.82, 2.24) is 14.8 Å². The van der Waals surface area contributed by atoms with Crippen molar-refractivity contribution in [1.29, 1.82) is 0 Å². The number of carbonyl (C=O) groups is 1. The summed E-state index contributed by atoms with van der Waals surface area (Å²) in [5.41, 5.74) is 0.909. The van der Waals surface area contributed by atoms with Gasteiger partial charge in [0.2, 0.25) is 5.91 Å². The van der Waals surface area contributed by atoms with Crippen molar-refractivity contribution < 1.29 is 9.53 Å². The van der Waals surface area contributed by atoms with Crippen LogP contribution in [0.15, 0.2) is 71.9 Å². The van der Waals surface area contributed by atoms with Crippen molar-refractivity contribution in [3.8, 4) is 5.75 Å². The second-order valence-electron chi connectivity index (χ2n) is 6.24. The average molecular weight is 425 g/mol. The molecule has 0 aliphatic heterocycles. The first-order valence-corrected chi connectivity index (χ1v) is 10.9. The van der Waals surface area contributed by atoms with Gasteiger partial charge in [-0.1, -0.05) is 23.5 Å². The van der Waals surface area contributed by atoms with Crippen LogP contribution in [-0.4, -0.2) is 40.1 Å². The number of thiazole rings is 1. The number of hydrogen-bond acceptors (Lipinski definition) is 6. The number of nitrogens with zero attached hydrogens (tertiary/aromatic N) is 4. The van der Waals surface area contributed by atoms with E-state index in [-0.39, 0.29) is 5.91 Å². The maximum atomic E-state index is 13.1. The number of ether oxygens (including phenoxy) is 1. The van der Waals surface area contributed by atoms with Crippen molar-refractivity contribution in [3.63, 3.8) is 0 Å². The molecular formula is C21H20N4O2S2. The molecule has 2 aromatic heterocycles. The highest BCUT2D eigenvalue weighted by molar-refractivity contribution is 8.00. The van der Waals surface area contributed by atoms with Crippen molar-refractivity contribution in [2.45, 2.75) is 11.4 Å². The third-order valence-electron chi connectivity index (χ3n) is 4.35. The monoisotopic (exact) mass is 424 g/mol. The summed E-state index contributed by atoms with van der Waals surface area (Å²) in [6.07, 6.45) is 3.64. The third-order valence-corrected chi connectivity index (χ3v) is 6.40. The minimum Gasteiger partial charge on any atom is -0.497 e. The Balaban J connectivity index is 1.50. The highest BCUT2D eigenvalue weighted by Crippen LogP contribution is 2.30. The van der Waals surface area contributed by atoms with E-state index in [1.165, 1.54) is 23.1 Å². The Bertz CT molecular complexity index is 1040. The van der Waals surface area contributed by atoms with Gasteiger partial charge in [0.25, 0.3) is 0 Å². The Labute approximate surface area is 177 Å². The molecule has 0 saturated heterocycles. The zero-order valence-corrected chi connectivity index (χ0v) is 17.5. The Kier molecular flexibility index (Phi) is 6.12. The van der Waals surface area contributed by atoms with Gasteiger partial charge in [0.15, 0.2) is 5.13 Å². The van der Waals surface area contributed by atoms with Gasteiger partial charge in [-0.25, -0.2) is 4.98 Å². The summed E-state index contributed by atoms with van der Waals surface area (Å²) in [5.74, 6) is 1.16. The van der Waals surface area contributed by atoms with Crippen LogP contribution in [0.3, 0.4) is 0 Å². The van der Waals surface area contributed by atoms with Crippen LogP contribution in [0.1, 0.15) is 0 Å². The molecule has 1 amide bonds. The van der Waals surface area contributed by atoms with Crippen LogP contribution in [0.5, 0.6) is 5.75 Å². The lowest BCUT2D eigenvalue weighted by Gasteiger charge is -2.19. The number of benzene rings is 2. The highest BCUT2D eigenvalue weighted by atomic mass is 32.2. The van der Waals surface area contributed by atoms with Crippen LogP contribution in [0.4, 0.5) is 5.13 Å². The van der Waals surface area contributed by atoms with Gasteiger partial charge in [-0.2, -0.15) is 5.10 Å². The zero-order valence-electron chi connectivity index (χ0n) is 15.9. The van der Waals surface area contributed by atoms with Gasteiger partial charge in [0, 0.05) is 23.8 Å². The highest BCUT2D eigenvalue weighted by Gasteiger charge is 2.20. The molecule has 0 aliphatic rings. The van der Waals surface area contributed by atoms with E-state index < -0.39 is 0 Å². The quantitative estimate of drug-likeness (QED) is 0.394. The second-order valence-corrected chi connectivity index (χ2v) is 8.30. The topological polar surface area (TPSA) is 60.2 Å². The van der Waals surface area contributed by atoms with Crippen LogP contribution >= 0.6 is 23.1 Å². The van der Waals surface area contributed by atoms with E-state index in [0.717, 1.165) is 26.0 Å². The predicted molar refractivity (Wildman–Crippen MR) is 118 cm³/mol. The Hall–Kier alpha value is -2.84. The molecule has 0 spiro atoms. The minimum atomic E-state index is 0.0250. The number of para-hydroxylation sites is 1. The molecular weight excluding hydrogens is 404 g/mol. The van der Waals surface area contributed by atoms with E-state index in [9.17, 15) is 4.79 Å². The fourth-order valence-corrected chi connectivity index (χ4v) is 4.62. The lowest BCUT2D eigenvalue weighted by Crippen LogP contribution is -2.35. The number of hydrogen-bond donors (Lipinski definition) is 0. The van der Waals surface area contributed by atoms with Gasteiger partial charge in [-0.15, -0.1) is 11.8 Å². The van der Waals surface area contributed by atoms with Crippen LogP contribution in [0.2, 0.25) is 0 Å². The van der Waals surface area contributed by atoms with Crippen molar-refractivity contribution in [3.05, 3.63) is 67.0 Å². The molecule has 0 N–H and O–H groups in total. The largest absolute Gasteiger partial charge is 0.497 e. The van der Waals surface area contributed by atoms with Gasteiger partial charge in [-0.05, 0) is 42.5 Å². The Morgan fingerprint density at radius 3 is 2.72 bits per heavy atom. The summed E-state index contributed by atoms with van der Waals surface area (Å²) >= 11 is 3.04. The molecule has 0 atom stereocenters. The van der Waals surface area contributed by atoms with E-state index in [1.54, 1.807) is 18.2 Å². The number of carbonyl (C=O) groups excluding carboxylic acids is 1. The summed E-state index contributed by atoms with van der Waals surface area (Å²) in [7, 11) is 1.64. The normalized spacial score (nSPS) is 10.9. The Morgan fingerprint density at radius 2 is 2.00 bits per heavy atom. The SMILES string of the molecule is COc1ccc(SCC(=O)N(CCn2cccn2)c2nc3ccccc3s2)cc1. The zero-order chi connectivity index (χ0) is 20.1. The van der Waals surface area contributed by atoms with Crippen molar-refractivity contribution >= 4 is 44.4 Å². The second kappa shape index (κ2) is 9.11. The molecule has 0 unspecified atom stereocenters. The van der Waals surface area contributed by atoms with Gasteiger partial charge in [-0.3, -0.25) is 14.4 Å². The van der Waals surface area contributed by atoms with Crippen LogP contribution in [0, 0.1) is 0 Å². The molecule has 2 heterocycles. The average Bonchev–Trinajstić information content (AvgIpc) is 3.42. The summed E-state index contributed by atoms with van der Waals surface area (Å²) in [4.78, 5) is 20.6. The van der Waals surface area contributed by atoms with Crippen LogP contribution in [0.25, 0.3) is 10.2 Å². The lowest BCUT2D eigenvalue weighted by molar-refractivity contribution is -0.116.